The van der Waals surface area contributed by atoms with Gasteiger partial charge in [0.25, 0.3) is 0 Å². The van der Waals surface area contributed by atoms with Crippen LogP contribution in [0.4, 0.5) is 10.5 Å². The highest BCUT2D eigenvalue weighted by atomic mass is 16.2. The van der Waals surface area contributed by atoms with Crippen molar-refractivity contribution >= 4 is 22.6 Å². The standard InChI is InChI=1S/C15H19N3O/c1-11-6-4-5-9-18(11)15(19)17-14-10-16-13-8-3-2-7-12(13)14/h2-3,7-8,10-11,16H,4-6,9H2,1H3,(H,17,19)/t11-/m0/s1. The fourth-order valence-electron chi connectivity index (χ4n) is 2.76. The lowest BCUT2D eigenvalue weighted by molar-refractivity contribution is 0.170. The second-order valence-electron chi connectivity index (χ2n) is 5.22. The molecule has 4 heteroatoms. The van der Waals surface area contributed by atoms with E-state index in [0.717, 1.165) is 36.0 Å². The van der Waals surface area contributed by atoms with Gasteiger partial charge >= 0.3 is 6.03 Å². The number of nitrogens with zero attached hydrogens (tertiary/aromatic N) is 1. The summed E-state index contributed by atoms with van der Waals surface area (Å²) >= 11 is 0. The van der Waals surface area contributed by atoms with Crippen LogP contribution in [0.15, 0.2) is 30.5 Å². The topological polar surface area (TPSA) is 48.1 Å². The molecule has 0 saturated carbocycles. The maximum atomic E-state index is 12.3. The molecule has 0 spiro atoms. The first kappa shape index (κ1) is 12.1. The third kappa shape index (κ3) is 2.30. The van der Waals surface area contributed by atoms with Crippen molar-refractivity contribution in [2.75, 3.05) is 11.9 Å². The summed E-state index contributed by atoms with van der Waals surface area (Å²) in [6.07, 6.45) is 5.28. The van der Waals surface area contributed by atoms with Gasteiger partial charge < -0.3 is 15.2 Å². The van der Waals surface area contributed by atoms with Gasteiger partial charge in [0.2, 0.25) is 0 Å². The summed E-state index contributed by atoms with van der Waals surface area (Å²) in [4.78, 5) is 17.4. The van der Waals surface area contributed by atoms with Crippen LogP contribution in [-0.2, 0) is 0 Å². The molecule has 1 aromatic carbocycles. The Labute approximate surface area is 112 Å². The number of benzene rings is 1. The molecule has 2 amide bonds. The molecule has 0 unspecified atom stereocenters. The van der Waals surface area contributed by atoms with Crippen molar-refractivity contribution in [3.63, 3.8) is 0 Å². The number of likely N-dealkylation sites (tertiary alicyclic amines) is 1. The van der Waals surface area contributed by atoms with Gasteiger partial charge in [-0.1, -0.05) is 18.2 Å². The molecule has 1 aliphatic rings. The Morgan fingerprint density at radius 2 is 2.21 bits per heavy atom. The van der Waals surface area contributed by atoms with Crippen molar-refractivity contribution in [1.82, 2.24) is 9.88 Å². The first-order chi connectivity index (χ1) is 9.25. The van der Waals surface area contributed by atoms with Crippen LogP contribution in [0.2, 0.25) is 0 Å². The number of nitrogens with one attached hydrogen (secondary N) is 2. The average Bonchev–Trinajstić information content (AvgIpc) is 2.83. The van der Waals surface area contributed by atoms with E-state index in [4.69, 9.17) is 0 Å². The van der Waals surface area contributed by atoms with E-state index in [2.05, 4.69) is 17.2 Å². The maximum Gasteiger partial charge on any atom is 0.322 e. The number of amides is 2. The second kappa shape index (κ2) is 4.96. The van der Waals surface area contributed by atoms with Crippen molar-refractivity contribution in [3.8, 4) is 0 Å². The molecule has 1 atom stereocenters. The quantitative estimate of drug-likeness (QED) is 0.806. The van der Waals surface area contributed by atoms with E-state index in [1.165, 1.54) is 6.42 Å². The van der Waals surface area contributed by atoms with Crippen LogP contribution in [0, 0.1) is 0 Å². The monoisotopic (exact) mass is 257 g/mol. The van der Waals surface area contributed by atoms with Gasteiger partial charge in [-0.05, 0) is 32.3 Å². The van der Waals surface area contributed by atoms with Gasteiger partial charge in [0.15, 0.2) is 0 Å². The van der Waals surface area contributed by atoms with Crippen LogP contribution >= 0.6 is 0 Å². The number of fused-ring (bicyclic) bond motifs is 1. The molecule has 2 N–H and O–H groups in total. The normalized spacial score (nSPS) is 19.6. The zero-order chi connectivity index (χ0) is 13.2. The molecular formula is C15H19N3O. The molecule has 0 bridgehead atoms. The van der Waals surface area contributed by atoms with Crippen molar-refractivity contribution in [1.29, 1.82) is 0 Å². The smallest absolute Gasteiger partial charge is 0.322 e. The highest BCUT2D eigenvalue weighted by Crippen LogP contribution is 2.24. The lowest BCUT2D eigenvalue weighted by Gasteiger charge is -2.33. The van der Waals surface area contributed by atoms with Crippen LogP contribution in [0.25, 0.3) is 10.9 Å². The minimum atomic E-state index is 0.0111. The third-order valence-corrected chi connectivity index (χ3v) is 3.89. The molecule has 1 aliphatic heterocycles. The number of carbonyl (C=O) groups excluding carboxylic acids is 1. The number of H-pyrrole nitrogens is 1. The number of piperidine rings is 1. The van der Waals surface area contributed by atoms with Gasteiger partial charge in [-0.25, -0.2) is 4.79 Å². The van der Waals surface area contributed by atoms with Gasteiger partial charge in [-0.2, -0.15) is 0 Å². The van der Waals surface area contributed by atoms with Gasteiger partial charge in [0, 0.05) is 29.7 Å². The van der Waals surface area contributed by atoms with Gasteiger partial charge in [-0.3, -0.25) is 0 Å². The lowest BCUT2D eigenvalue weighted by Crippen LogP contribution is -2.44. The maximum absolute atomic E-state index is 12.3. The van der Waals surface area contributed by atoms with E-state index in [-0.39, 0.29) is 6.03 Å². The molecule has 2 heterocycles. The molecule has 100 valence electrons. The van der Waals surface area contributed by atoms with Crippen LogP contribution in [0.3, 0.4) is 0 Å². The Morgan fingerprint density at radius 1 is 1.37 bits per heavy atom. The molecule has 4 nitrogen and oxygen atoms in total. The summed E-state index contributed by atoms with van der Waals surface area (Å²) in [7, 11) is 0. The summed E-state index contributed by atoms with van der Waals surface area (Å²) in [6, 6.07) is 8.33. The van der Waals surface area contributed by atoms with Gasteiger partial charge in [-0.15, -0.1) is 0 Å². The Kier molecular flexibility index (Phi) is 3.15. The Hall–Kier alpha value is -1.97. The molecular weight excluding hydrogens is 238 g/mol. The third-order valence-electron chi connectivity index (χ3n) is 3.89. The second-order valence-corrected chi connectivity index (χ2v) is 5.22. The molecule has 0 aliphatic carbocycles. The number of aromatic amines is 1. The molecule has 2 aromatic rings. The van der Waals surface area contributed by atoms with Crippen LogP contribution in [0.5, 0.6) is 0 Å². The Balaban J connectivity index is 1.79. The lowest BCUT2D eigenvalue weighted by atomic mass is 10.0. The summed E-state index contributed by atoms with van der Waals surface area (Å²) < 4.78 is 0. The molecule has 3 rings (SSSR count). The zero-order valence-electron chi connectivity index (χ0n) is 11.1. The number of para-hydroxylation sites is 1. The largest absolute Gasteiger partial charge is 0.359 e. The molecule has 1 saturated heterocycles. The number of hydrogen-bond donors (Lipinski definition) is 2. The van der Waals surface area contributed by atoms with E-state index in [1.807, 2.05) is 35.4 Å². The first-order valence-electron chi connectivity index (χ1n) is 6.89. The first-order valence-corrected chi connectivity index (χ1v) is 6.89. The van der Waals surface area contributed by atoms with Gasteiger partial charge in [0.05, 0.1) is 5.69 Å². The van der Waals surface area contributed by atoms with Crippen molar-refractivity contribution in [2.24, 2.45) is 0 Å². The minimum Gasteiger partial charge on any atom is -0.359 e. The number of carbonyl (C=O) groups is 1. The highest BCUT2D eigenvalue weighted by Gasteiger charge is 2.23. The summed E-state index contributed by atoms with van der Waals surface area (Å²) in [6.45, 7) is 2.98. The number of rotatable bonds is 1. The van der Waals surface area contributed by atoms with Gasteiger partial charge in [0.1, 0.15) is 0 Å². The van der Waals surface area contributed by atoms with E-state index < -0.39 is 0 Å². The number of anilines is 1. The summed E-state index contributed by atoms with van der Waals surface area (Å²) in [5.74, 6) is 0. The minimum absolute atomic E-state index is 0.0111. The molecule has 0 radical (unpaired) electrons. The van der Waals surface area contributed by atoms with E-state index >= 15 is 0 Å². The van der Waals surface area contributed by atoms with Crippen molar-refractivity contribution < 1.29 is 4.79 Å². The van der Waals surface area contributed by atoms with Crippen molar-refractivity contribution in [3.05, 3.63) is 30.5 Å². The number of hydrogen-bond acceptors (Lipinski definition) is 1. The predicted molar refractivity (Wildman–Crippen MR) is 77.3 cm³/mol. The summed E-state index contributed by atoms with van der Waals surface area (Å²) in [5.41, 5.74) is 1.91. The molecule has 1 fully saturated rings. The SMILES string of the molecule is C[C@H]1CCCCN1C(=O)Nc1c[nH]c2ccccc12. The highest BCUT2D eigenvalue weighted by molar-refractivity contribution is 6.01. The Morgan fingerprint density at radius 3 is 3.05 bits per heavy atom. The van der Waals surface area contributed by atoms with E-state index in [9.17, 15) is 4.79 Å². The Bertz CT molecular complexity index is 590. The number of urea groups is 1. The van der Waals surface area contributed by atoms with Crippen LogP contribution in [0.1, 0.15) is 26.2 Å². The predicted octanol–water partition coefficient (Wildman–Crippen LogP) is 3.57. The van der Waals surface area contributed by atoms with Crippen molar-refractivity contribution in [2.45, 2.75) is 32.2 Å². The molecule has 1 aromatic heterocycles. The van der Waals surface area contributed by atoms with E-state index in [1.54, 1.807) is 0 Å². The van der Waals surface area contributed by atoms with E-state index in [0.29, 0.717) is 6.04 Å². The fourth-order valence-corrected chi connectivity index (χ4v) is 2.76. The van der Waals surface area contributed by atoms with Crippen LogP contribution < -0.4 is 5.32 Å². The molecule has 19 heavy (non-hydrogen) atoms. The fraction of sp³-hybridized carbons (Fsp3) is 0.400. The summed E-state index contributed by atoms with van der Waals surface area (Å²) in [5, 5.41) is 4.08. The average molecular weight is 257 g/mol. The van der Waals surface area contributed by atoms with Crippen LogP contribution in [-0.4, -0.2) is 28.5 Å². The zero-order valence-corrected chi connectivity index (χ0v) is 11.1. The number of aromatic nitrogens is 1.